The van der Waals surface area contributed by atoms with Crippen LogP contribution in [0.15, 0.2) is 17.5 Å². The number of thiophene rings is 1. The topological polar surface area (TPSA) is 42.7 Å². The molecule has 20 heavy (non-hydrogen) atoms. The van der Waals surface area contributed by atoms with Crippen molar-refractivity contribution in [2.24, 2.45) is 7.05 Å². The van der Waals surface area contributed by atoms with E-state index in [2.05, 4.69) is 28.9 Å². The van der Waals surface area contributed by atoms with Gasteiger partial charge in [-0.05, 0) is 31.3 Å². The van der Waals surface area contributed by atoms with Gasteiger partial charge in [-0.15, -0.1) is 11.3 Å². The monoisotopic (exact) mass is 290 g/mol. The molecule has 0 radical (unpaired) electrons. The summed E-state index contributed by atoms with van der Waals surface area (Å²) in [5, 5.41) is 10.2. The lowest BCUT2D eigenvalue weighted by Crippen LogP contribution is -2.47. The number of likely N-dealkylation sites (N-methyl/N-ethyl adjacent to an activating group) is 1. The minimum absolute atomic E-state index is 0.214. The van der Waals surface area contributed by atoms with Crippen molar-refractivity contribution < 1.29 is 0 Å². The lowest BCUT2D eigenvalue weighted by Gasteiger charge is -2.36. The van der Waals surface area contributed by atoms with E-state index in [1.165, 1.54) is 32.1 Å². The van der Waals surface area contributed by atoms with Crippen LogP contribution in [-0.4, -0.2) is 27.4 Å². The molecule has 2 aromatic heterocycles. The van der Waals surface area contributed by atoms with Crippen LogP contribution in [0, 0.1) is 0 Å². The van der Waals surface area contributed by atoms with E-state index in [1.807, 2.05) is 17.8 Å². The molecule has 1 fully saturated rings. The molecule has 0 spiro atoms. The van der Waals surface area contributed by atoms with Gasteiger partial charge >= 0.3 is 0 Å². The number of rotatable bonds is 4. The fraction of sp³-hybridized carbons (Fsp3) is 0.600. The summed E-state index contributed by atoms with van der Waals surface area (Å²) in [5.41, 5.74) is 0.214. The van der Waals surface area contributed by atoms with Crippen LogP contribution in [0.1, 0.15) is 37.9 Å². The average Bonchev–Trinajstić information content (AvgIpc) is 3.10. The quantitative estimate of drug-likeness (QED) is 0.941. The van der Waals surface area contributed by atoms with Gasteiger partial charge in [0.05, 0.1) is 4.88 Å². The summed E-state index contributed by atoms with van der Waals surface area (Å²) in [4.78, 5) is 5.91. The van der Waals surface area contributed by atoms with E-state index >= 15 is 0 Å². The minimum atomic E-state index is 0.214. The van der Waals surface area contributed by atoms with E-state index in [-0.39, 0.29) is 5.54 Å². The molecule has 3 rings (SSSR count). The third-order valence-corrected chi connectivity index (χ3v) is 5.30. The maximum Gasteiger partial charge on any atom is 0.191 e. The van der Waals surface area contributed by atoms with Crippen LogP contribution in [0.4, 0.5) is 0 Å². The molecule has 2 heterocycles. The molecule has 0 unspecified atom stereocenters. The van der Waals surface area contributed by atoms with Crippen LogP contribution in [0.3, 0.4) is 0 Å². The zero-order valence-electron chi connectivity index (χ0n) is 12.2. The van der Waals surface area contributed by atoms with Gasteiger partial charge in [0.2, 0.25) is 0 Å². The van der Waals surface area contributed by atoms with E-state index in [1.54, 1.807) is 11.3 Å². The molecule has 0 amide bonds. The molecule has 0 aromatic carbocycles. The van der Waals surface area contributed by atoms with Crippen LogP contribution >= 0.6 is 11.3 Å². The second kappa shape index (κ2) is 5.66. The highest BCUT2D eigenvalue weighted by atomic mass is 32.1. The zero-order chi connectivity index (χ0) is 14.0. The molecule has 108 valence electrons. The Morgan fingerprint density at radius 1 is 1.35 bits per heavy atom. The molecule has 1 saturated carbocycles. The van der Waals surface area contributed by atoms with E-state index in [0.29, 0.717) is 0 Å². The maximum absolute atomic E-state index is 4.76. The second-order valence-electron chi connectivity index (χ2n) is 5.72. The van der Waals surface area contributed by atoms with Crippen LogP contribution in [0.25, 0.3) is 10.7 Å². The summed E-state index contributed by atoms with van der Waals surface area (Å²) < 4.78 is 1.95. The van der Waals surface area contributed by atoms with Crippen molar-refractivity contribution in [1.29, 1.82) is 0 Å². The summed E-state index contributed by atoms with van der Waals surface area (Å²) in [6.07, 6.45) is 7.45. The average molecular weight is 290 g/mol. The molecule has 0 atom stereocenters. The van der Waals surface area contributed by atoms with E-state index in [9.17, 15) is 0 Å². The fourth-order valence-corrected chi connectivity index (χ4v) is 3.78. The molecule has 0 bridgehead atoms. The first-order valence-electron chi connectivity index (χ1n) is 7.35. The number of aryl methyl sites for hydroxylation is 1. The first kappa shape index (κ1) is 13.8. The lowest BCUT2D eigenvalue weighted by molar-refractivity contribution is 0.239. The largest absolute Gasteiger partial charge is 0.314 e. The van der Waals surface area contributed by atoms with Gasteiger partial charge in [-0.25, -0.2) is 4.98 Å². The Bertz CT molecular complexity index is 552. The highest BCUT2D eigenvalue weighted by Gasteiger charge is 2.32. The molecular weight excluding hydrogens is 268 g/mol. The Kier molecular flexibility index (Phi) is 3.89. The van der Waals surface area contributed by atoms with Crippen molar-refractivity contribution in [2.75, 3.05) is 7.05 Å². The van der Waals surface area contributed by atoms with Crippen molar-refractivity contribution in [1.82, 2.24) is 20.1 Å². The van der Waals surface area contributed by atoms with E-state index in [0.717, 1.165) is 22.9 Å². The van der Waals surface area contributed by atoms with Gasteiger partial charge in [0.1, 0.15) is 5.82 Å². The minimum Gasteiger partial charge on any atom is -0.314 e. The van der Waals surface area contributed by atoms with Gasteiger partial charge in [0.15, 0.2) is 5.82 Å². The maximum atomic E-state index is 4.76. The van der Waals surface area contributed by atoms with Crippen molar-refractivity contribution in [2.45, 2.75) is 44.1 Å². The number of aromatic nitrogens is 3. The molecule has 2 aromatic rings. The molecule has 5 heteroatoms. The zero-order valence-corrected chi connectivity index (χ0v) is 13.0. The summed E-state index contributed by atoms with van der Waals surface area (Å²) in [6.45, 7) is 0. The van der Waals surface area contributed by atoms with Crippen molar-refractivity contribution >= 4 is 11.3 Å². The Hall–Kier alpha value is -1.20. The number of hydrogen-bond donors (Lipinski definition) is 1. The highest BCUT2D eigenvalue weighted by Crippen LogP contribution is 2.31. The first-order valence-corrected chi connectivity index (χ1v) is 8.23. The fourth-order valence-electron chi connectivity index (χ4n) is 3.13. The van der Waals surface area contributed by atoms with Crippen molar-refractivity contribution in [3.05, 3.63) is 23.3 Å². The molecule has 1 aliphatic rings. The SMILES string of the molecule is CNC1(Cc2nc(-c3cccs3)nn2C)CCCCC1. The van der Waals surface area contributed by atoms with E-state index < -0.39 is 0 Å². The van der Waals surface area contributed by atoms with E-state index in [4.69, 9.17) is 4.98 Å². The Balaban J connectivity index is 1.83. The van der Waals surface area contributed by atoms with Crippen LogP contribution in [0.5, 0.6) is 0 Å². The normalized spacial score (nSPS) is 18.3. The standard InChI is InChI=1S/C15H22N4S/c1-16-15(8-4-3-5-9-15)11-13-17-14(18-19(13)2)12-7-6-10-20-12/h6-7,10,16H,3-5,8-9,11H2,1-2H3. The van der Waals surface area contributed by atoms with Gasteiger partial charge in [0.25, 0.3) is 0 Å². The molecule has 1 N–H and O–H groups in total. The number of nitrogens with zero attached hydrogens (tertiary/aromatic N) is 3. The molecule has 4 nitrogen and oxygen atoms in total. The van der Waals surface area contributed by atoms with Crippen LogP contribution < -0.4 is 5.32 Å². The summed E-state index contributed by atoms with van der Waals surface area (Å²) in [6, 6.07) is 4.13. The molecule has 1 aliphatic carbocycles. The predicted octanol–water partition coefficient (Wildman–Crippen LogP) is 3.01. The number of nitrogens with one attached hydrogen (secondary N) is 1. The highest BCUT2D eigenvalue weighted by molar-refractivity contribution is 7.13. The number of hydrogen-bond acceptors (Lipinski definition) is 4. The molecular formula is C15H22N4S. The Labute approximate surface area is 124 Å². The van der Waals surface area contributed by atoms with Crippen LogP contribution in [-0.2, 0) is 13.5 Å². The second-order valence-corrected chi connectivity index (χ2v) is 6.67. The van der Waals surface area contributed by atoms with Gasteiger partial charge in [0, 0.05) is 19.0 Å². The van der Waals surface area contributed by atoms with Gasteiger partial charge < -0.3 is 5.32 Å². The van der Waals surface area contributed by atoms with Gasteiger partial charge in [-0.1, -0.05) is 25.3 Å². The Morgan fingerprint density at radius 2 is 2.15 bits per heavy atom. The van der Waals surface area contributed by atoms with Crippen molar-refractivity contribution in [3.8, 4) is 10.7 Å². The summed E-state index contributed by atoms with van der Waals surface area (Å²) in [5.74, 6) is 1.95. The smallest absolute Gasteiger partial charge is 0.191 e. The first-order chi connectivity index (χ1) is 9.72. The predicted molar refractivity (Wildman–Crippen MR) is 82.9 cm³/mol. The third kappa shape index (κ3) is 2.65. The van der Waals surface area contributed by atoms with Crippen LogP contribution in [0.2, 0.25) is 0 Å². The summed E-state index contributed by atoms with van der Waals surface area (Å²) in [7, 11) is 4.09. The van der Waals surface area contributed by atoms with Crippen molar-refractivity contribution in [3.63, 3.8) is 0 Å². The third-order valence-electron chi connectivity index (χ3n) is 4.43. The molecule has 0 aliphatic heterocycles. The summed E-state index contributed by atoms with van der Waals surface area (Å²) >= 11 is 1.70. The van der Waals surface area contributed by atoms with Gasteiger partial charge in [-0.2, -0.15) is 5.10 Å². The van der Waals surface area contributed by atoms with Gasteiger partial charge in [-0.3, -0.25) is 4.68 Å². The Morgan fingerprint density at radius 3 is 2.80 bits per heavy atom. The lowest BCUT2D eigenvalue weighted by atomic mass is 9.79. The molecule has 0 saturated heterocycles.